The fourth-order valence-corrected chi connectivity index (χ4v) is 0.800. The minimum Gasteiger partial charge on any atom is -0.480 e. The molecule has 0 fully saturated rings. The highest BCUT2D eigenvalue weighted by atomic mass is 16.5. The number of hydrogen-bond acceptors (Lipinski definition) is 5. The molecule has 82 valence electrons. The van der Waals surface area contributed by atoms with Gasteiger partial charge in [-0.25, -0.2) is 4.79 Å². The minimum atomic E-state index is -1.11. The van der Waals surface area contributed by atoms with Crippen molar-refractivity contribution in [3.05, 3.63) is 18.0 Å². The van der Waals surface area contributed by atoms with Crippen LogP contribution in [-0.2, 0) is 20.9 Å². The minimum absolute atomic E-state index is 0.228. The summed E-state index contributed by atoms with van der Waals surface area (Å²) in [5.74, 6) is -1.52. The van der Waals surface area contributed by atoms with E-state index in [2.05, 4.69) is 19.7 Å². The molecule has 0 aliphatic heterocycles. The van der Waals surface area contributed by atoms with Gasteiger partial charge in [0.15, 0.2) is 0 Å². The van der Waals surface area contributed by atoms with Gasteiger partial charge in [0.2, 0.25) is 5.91 Å². The molecule has 0 saturated carbocycles. The molecule has 1 aromatic heterocycles. The van der Waals surface area contributed by atoms with Crippen molar-refractivity contribution in [1.29, 1.82) is 0 Å². The van der Waals surface area contributed by atoms with Gasteiger partial charge in [0, 0.05) is 6.07 Å². The van der Waals surface area contributed by atoms with E-state index in [1.54, 1.807) is 6.07 Å². The van der Waals surface area contributed by atoms with Gasteiger partial charge in [0.05, 0.1) is 6.54 Å². The Morgan fingerprint density at radius 1 is 1.53 bits per heavy atom. The summed E-state index contributed by atoms with van der Waals surface area (Å²) >= 11 is 0. The van der Waals surface area contributed by atoms with E-state index < -0.39 is 18.5 Å². The number of aliphatic carboxylic acids is 1. The van der Waals surface area contributed by atoms with Crippen LogP contribution in [0.3, 0.4) is 0 Å². The molecule has 1 amide bonds. The number of ether oxygens (including phenoxy) is 1. The third-order valence-electron chi connectivity index (χ3n) is 1.42. The lowest BCUT2D eigenvalue weighted by atomic mass is 10.4. The number of rotatable bonds is 6. The van der Waals surface area contributed by atoms with Gasteiger partial charge in [-0.05, 0) is 0 Å². The second kappa shape index (κ2) is 5.76. The van der Waals surface area contributed by atoms with Crippen LogP contribution in [0.4, 0.5) is 0 Å². The summed E-state index contributed by atoms with van der Waals surface area (Å²) in [6, 6.07) is 1.61. The fourth-order valence-electron chi connectivity index (χ4n) is 0.800. The standard InChI is InChI=1S/C8H10N2O5/c11-7(4-14-5-8(12)13)9-3-6-1-2-15-10-6/h1-2H,3-5H2,(H,9,11)(H,12,13). The lowest BCUT2D eigenvalue weighted by molar-refractivity contribution is -0.143. The molecule has 0 radical (unpaired) electrons. The molecule has 7 nitrogen and oxygen atoms in total. The monoisotopic (exact) mass is 214 g/mol. The first-order valence-corrected chi connectivity index (χ1v) is 4.14. The van der Waals surface area contributed by atoms with E-state index in [1.807, 2.05) is 0 Å². The molecule has 0 aliphatic carbocycles. The first-order chi connectivity index (χ1) is 7.18. The summed E-state index contributed by atoms with van der Waals surface area (Å²) in [4.78, 5) is 21.1. The number of carboxylic acids is 1. The van der Waals surface area contributed by atoms with Gasteiger partial charge in [-0.2, -0.15) is 0 Å². The molecular formula is C8H10N2O5. The number of nitrogens with zero attached hydrogens (tertiary/aromatic N) is 1. The van der Waals surface area contributed by atoms with Crippen LogP contribution in [0.1, 0.15) is 5.69 Å². The van der Waals surface area contributed by atoms with Crippen LogP contribution in [0.2, 0.25) is 0 Å². The molecule has 0 saturated heterocycles. The van der Waals surface area contributed by atoms with Gasteiger partial charge in [-0.1, -0.05) is 5.16 Å². The molecule has 0 aliphatic rings. The molecule has 0 aromatic carbocycles. The molecular weight excluding hydrogens is 204 g/mol. The molecule has 0 bridgehead atoms. The highest BCUT2D eigenvalue weighted by molar-refractivity contribution is 5.77. The van der Waals surface area contributed by atoms with Crippen molar-refractivity contribution in [3.63, 3.8) is 0 Å². The van der Waals surface area contributed by atoms with Crippen molar-refractivity contribution in [2.45, 2.75) is 6.54 Å². The summed E-state index contributed by atoms with van der Waals surface area (Å²) in [5.41, 5.74) is 0.585. The Morgan fingerprint density at radius 3 is 2.93 bits per heavy atom. The quantitative estimate of drug-likeness (QED) is 0.655. The maximum Gasteiger partial charge on any atom is 0.329 e. The van der Waals surface area contributed by atoms with E-state index in [0.29, 0.717) is 5.69 Å². The zero-order valence-electron chi connectivity index (χ0n) is 7.80. The van der Waals surface area contributed by atoms with Gasteiger partial charge in [-0.3, -0.25) is 4.79 Å². The Labute approximate surface area is 85.0 Å². The van der Waals surface area contributed by atoms with Gasteiger partial charge in [-0.15, -0.1) is 0 Å². The van der Waals surface area contributed by atoms with Crippen molar-refractivity contribution in [2.75, 3.05) is 13.2 Å². The molecule has 0 unspecified atom stereocenters. The Bertz CT molecular complexity index is 322. The zero-order valence-corrected chi connectivity index (χ0v) is 7.80. The van der Waals surface area contributed by atoms with E-state index >= 15 is 0 Å². The Hall–Kier alpha value is -1.89. The average Bonchev–Trinajstić information content (AvgIpc) is 2.66. The number of carboxylic acid groups (broad SMARTS) is 1. The second-order valence-electron chi connectivity index (χ2n) is 2.65. The summed E-state index contributed by atoms with van der Waals surface area (Å²) < 4.78 is 9.12. The molecule has 15 heavy (non-hydrogen) atoms. The van der Waals surface area contributed by atoms with Crippen molar-refractivity contribution < 1.29 is 24.0 Å². The number of hydrogen-bond donors (Lipinski definition) is 2. The van der Waals surface area contributed by atoms with Crippen LogP contribution in [0.5, 0.6) is 0 Å². The Balaban J connectivity index is 2.11. The van der Waals surface area contributed by atoms with E-state index in [9.17, 15) is 9.59 Å². The SMILES string of the molecule is O=C(O)COCC(=O)NCc1ccon1. The van der Waals surface area contributed by atoms with Crippen molar-refractivity contribution in [3.8, 4) is 0 Å². The van der Waals surface area contributed by atoms with Crippen LogP contribution < -0.4 is 5.32 Å². The van der Waals surface area contributed by atoms with E-state index in [0.717, 1.165) is 0 Å². The molecule has 1 heterocycles. The lowest BCUT2D eigenvalue weighted by Crippen LogP contribution is -2.28. The average molecular weight is 214 g/mol. The van der Waals surface area contributed by atoms with Crippen LogP contribution in [-0.4, -0.2) is 35.4 Å². The molecule has 1 rings (SSSR count). The normalized spacial score (nSPS) is 9.87. The highest BCUT2D eigenvalue weighted by Crippen LogP contribution is 1.92. The summed E-state index contributed by atoms with van der Waals surface area (Å²) in [6.45, 7) is -0.548. The third kappa shape index (κ3) is 4.77. The molecule has 1 aromatic rings. The number of carbonyl (C=O) groups excluding carboxylic acids is 1. The van der Waals surface area contributed by atoms with Crippen LogP contribution >= 0.6 is 0 Å². The zero-order chi connectivity index (χ0) is 11.1. The number of nitrogens with one attached hydrogen (secondary N) is 1. The predicted molar refractivity (Wildman–Crippen MR) is 46.8 cm³/mol. The van der Waals surface area contributed by atoms with Crippen molar-refractivity contribution in [1.82, 2.24) is 10.5 Å². The predicted octanol–water partition coefficient (Wildman–Crippen LogP) is -0.608. The van der Waals surface area contributed by atoms with Crippen molar-refractivity contribution in [2.24, 2.45) is 0 Å². The molecule has 0 atom stereocenters. The van der Waals surface area contributed by atoms with Gasteiger partial charge in [0.1, 0.15) is 25.2 Å². The van der Waals surface area contributed by atoms with Crippen molar-refractivity contribution >= 4 is 11.9 Å². The smallest absolute Gasteiger partial charge is 0.329 e. The largest absolute Gasteiger partial charge is 0.480 e. The first-order valence-electron chi connectivity index (χ1n) is 4.14. The first kappa shape index (κ1) is 11.2. The Morgan fingerprint density at radius 2 is 2.33 bits per heavy atom. The molecule has 7 heteroatoms. The molecule has 2 N–H and O–H groups in total. The maximum atomic E-state index is 11.0. The fraction of sp³-hybridized carbons (Fsp3) is 0.375. The van der Waals surface area contributed by atoms with Gasteiger partial charge in [0.25, 0.3) is 0 Å². The number of amides is 1. The number of carbonyl (C=O) groups is 2. The summed E-state index contributed by atoms with van der Waals surface area (Å²) in [7, 11) is 0. The maximum absolute atomic E-state index is 11.0. The van der Waals surface area contributed by atoms with E-state index in [4.69, 9.17) is 5.11 Å². The highest BCUT2D eigenvalue weighted by Gasteiger charge is 2.04. The van der Waals surface area contributed by atoms with Crippen LogP contribution in [0.25, 0.3) is 0 Å². The van der Waals surface area contributed by atoms with E-state index in [-0.39, 0.29) is 13.2 Å². The van der Waals surface area contributed by atoms with E-state index in [1.165, 1.54) is 6.26 Å². The number of aromatic nitrogens is 1. The second-order valence-corrected chi connectivity index (χ2v) is 2.65. The molecule has 0 spiro atoms. The lowest BCUT2D eigenvalue weighted by Gasteiger charge is -2.02. The van der Waals surface area contributed by atoms with Crippen LogP contribution in [0.15, 0.2) is 16.9 Å². The summed E-state index contributed by atoms with van der Waals surface area (Å²) in [6.07, 6.45) is 1.39. The van der Waals surface area contributed by atoms with Gasteiger partial charge >= 0.3 is 5.97 Å². The topological polar surface area (TPSA) is 102 Å². The third-order valence-corrected chi connectivity index (χ3v) is 1.42. The summed E-state index contributed by atoms with van der Waals surface area (Å²) in [5, 5.41) is 14.3. The van der Waals surface area contributed by atoms with Gasteiger partial charge < -0.3 is 19.7 Å². The Kier molecular flexibility index (Phi) is 4.30. The van der Waals surface area contributed by atoms with Crippen LogP contribution in [0, 0.1) is 0 Å².